The van der Waals surface area contributed by atoms with Crippen LogP contribution in [0.25, 0.3) is 0 Å². The Hall–Kier alpha value is -8.40. The molecule has 0 bridgehead atoms. The summed E-state index contributed by atoms with van der Waals surface area (Å²) in [6, 6.07) is 12.4. The quantitative estimate of drug-likeness (QED) is 0.0255. The highest BCUT2D eigenvalue weighted by molar-refractivity contribution is 5.97. The molecule has 6 atom stereocenters. The van der Waals surface area contributed by atoms with Gasteiger partial charge in [0.05, 0.1) is 60.2 Å². The summed E-state index contributed by atoms with van der Waals surface area (Å²) in [6.45, 7) is 14.3. The minimum atomic E-state index is -1.31. The Morgan fingerprint density at radius 3 is 0.830 bits per heavy atom. The van der Waals surface area contributed by atoms with E-state index in [9.17, 15) is 60.3 Å². The monoisotopic (exact) mass is 1290 g/mol. The van der Waals surface area contributed by atoms with Crippen molar-refractivity contribution in [3.8, 4) is 36.4 Å². The highest BCUT2D eigenvalue weighted by Crippen LogP contribution is 2.43. The second-order valence-corrected chi connectivity index (χ2v) is 25.9. The van der Waals surface area contributed by atoms with Gasteiger partial charge in [-0.15, -0.1) is 0 Å². The van der Waals surface area contributed by atoms with E-state index in [-0.39, 0.29) is 110 Å². The number of likely N-dealkylation sites (tertiary alicyclic amines) is 3. The lowest BCUT2D eigenvalue weighted by Crippen LogP contribution is -2.32. The second-order valence-electron chi connectivity index (χ2n) is 25.9. The number of allylic oxidation sites excluding steroid dienone is 9. The topological polar surface area (TPSA) is 310 Å². The maximum Gasteiger partial charge on any atom is 0.349 e. The summed E-state index contributed by atoms with van der Waals surface area (Å²) in [5.74, 6) is -8.68. The van der Waals surface area contributed by atoms with Gasteiger partial charge in [0.2, 0.25) is 0 Å². The zero-order chi connectivity index (χ0) is 68.1. The van der Waals surface area contributed by atoms with Crippen LogP contribution >= 0.6 is 0 Å². The maximum absolute atomic E-state index is 14.5. The number of carbonyl (C=O) groups is 6. The number of unbranched alkanes of at least 4 members (excludes halogenated alkanes) is 3. The van der Waals surface area contributed by atoms with E-state index in [1.807, 2.05) is 53.7 Å². The molecule has 6 rings (SSSR count). The SMILES string of the molecule is CCCCC(CC)COC(=O)C1CC(N2CCCC2)=C(C#N)/C(=C(\C#N)C(=O)OCC(COC(=O)/C(C#N)=C2\CC(C(=O)OCC(CC)CCCC)CC(N3CCCC3)=C2C#N)COC(=O)/C(C#N)=C2\CC(C(=O)OCC(CC)CCCC)CC(N3CCCC3)=C2C#N)C1. The van der Waals surface area contributed by atoms with Crippen LogP contribution in [0.2, 0.25) is 0 Å². The second kappa shape index (κ2) is 38.7. The lowest BCUT2D eigenvalue weighted by atomic mass is 9.81. The zero-order valence-electron chi connectivity index (χ0n) is 56.4. The zero-order valence-corrected chi connectivity index (χ0v) is 56.4. The lowest BCUT2D eigenvalue weighted by molar-refractivity contribution is -0.151. The van der Waals surface area contributed by atoms with E-state index in [2.05, 4.69) is 39.0 Å². The molecule has 0 aromatic rings. The van der Waals surface area contributed by atoms with E-state index in [0.717, 1.165) is 116 Å². The van der Waals surface area contributed by atoms with Crippen molar-refractivity contribution in [2.45, 2.75) is 196 Å². The van der Waals surface area contributed by atoms with E-state index in [4.69, 9.17) is 28.4 Å². The summed E-state index contributed by atoms with van der Waals surface area (Å²) in [6.07, 6.45) is 15.7. The van der Waals surface area contributed by atoms with Gasteiger partial charge in [-0.25, -0.2) is 14.4 Å². The van der Waals surface area contributed by atoms with Crippen molar-refractivity contribution >= 4 is 35.8 Å². The molecule has 3 fully saturated rings. The molecule has 21 heteroatoms. The summed E-state index contributed by atoms with van der Waals surface area (Å²) >= 11 is 0. The van der Waals surface area contributed by atoms with Crippen molar-refractivity contribution in [3.05, 3.63) is 67.2 Å². The molecule has 6 unspecified atom stereocenters. The minimum Gasteiger partial charge on any atom is -0.465 e. The van der Waals surface area contributed by atoms with Gasteiger partial charge in [0.15, 0.2) is 0 Å². The van der Waals surface area contributed by atoms with Gasteiger partial charge >= 0.3 is 35.8 Å². The minimum absolute atomic E-state index is 0.00918. The van der Waals surface area contributed by atoms with Crippen molar-refractivity contribution < 1.29 is 57.2 Å². The highest BCUT2D eigenvalue weighted by Gasteiger charge is 2.41. The van der Waals surface area contributed by atoms with Gasteiger partial charge in [0.25, 0.3) is 0 Å². The van der Waals surface area contributed by atoms with Crippen LogP contribution in [-0.2, 0) is 57.2 Å². The van der Waals surface area contributed by atoms with Gasteiger partial charge in [0.1, 0.15) is 73.0 Å². The molecule has 0 N–H and O–H groups in total. The number of esters is 6. The Kier molecular flexibility index (Phi) is 30.7. The average Bonchev–Trinajstić information content (AvgIpc) is 1.36. The van der Waals surface area contributed by atoms with Crippen LogP contribution in [0.1, 0.15) is 196 Å². The Morgan fingerprint density at radius 1 is 0.372 bits per heavy atom. The van der Waals surface area contributed by atoms with Gasteiger partial charge in [-0.1, -0.05) is 99.3 Å². The van der Waals surface area contributed by atoms with E-state index in [0.29, 0.717) is 56.4 Å². The van der Waals surface area contributed by atoms with Crippen LogP contribution in [0, 0.1) is 109 Å². The predicted octanol–water partition coefficient (Wildman–Crippen LogP) is 11.8. The molecule has 0 aromatic carbocycles. The van der Waals surface area contributed by atoms with Crippen LogP contribution in [0.15, 0.2) is 67.2 Å². The first-order chi connectivity index (χ1) is 45.6. The predicted molar refractivity (Wildman–Crippen MR) is 346 cm³/mol. The number of ether oxygens (including phenoxy) is 6. The molecule has 3 aliphatic carbocycles. The van der Waals surface area contributed by atoms with Gasteiger partial charge in [-0.2, -0.15) is 31.6 Å². The van der Waals surface area contributed by atoms with Crippen LogP contribution in [-0.4, -0.2) is 129 Å². The third-order valence-corrected chi connectivity index (χ3v) is 19.5. The van der Waals surface area contributed by atoms with E-state index < -0.39 is 96.0 Å². The van der Waals surface area contributed by atoms with Crippen molar-refractivity contribution in [2.75, 3.05) is 78.9 Å². The van der Waals surface area contributed by atoms with E-state index in [1.165, 1.54) is 0 Å². The van der Waals surface area contributed by atoms with E-state index >= 15 is 0 Å². The van der Waals surface area contributed by atoms with Gasteiger partial charge < -0.3 is 43.1 Å². The smallest absolute Gasteiger partial charge is 0.349 e. The molecule has 0 aromatic heterocycles. The maximum atomic E-state index is 14.5. The van der Waals surface area contributed by atoms with Crippen LogP contribution in [0.3, 0.4) is 0 Å². The Morgan fingerprint density at radius 2 is 0.617 bits per heavy atom. The number of rotatable bonds is 33. The molecule has 3 aliphatic heterocycles. The standard InChI is InChI=1S/C73H97N9O12/c1-7-13-22-49(10-4)43-89-68(83)53-31-56(59(37-74)65(34-53)80-25-16-17-26-80)62(40-77)71(86)92-46-52(47-93-72(87)63(41-78)57-32-54(69(84)90-44-50(11-5)23-14-8-2)35-66(60(57)38-75)81-27-18-19-28-81)48-94-73(88)64(42-79)58-33-55(70(85)91-45-51(12-6)24-15-9-3)36-67(61(58)39-76)82-29-20-21-30-82/h49-55H,7-36,43-48H2,1-6H3/b62-56+,63-57+,64-58+. The fourth-order valence-corrected chi connectivity index (χ4v) is 13.5. The first-order valence-electron chi connectivity index (χ1n) is 34.7. The van der Waals surface area contributed by atoms with Gasteiger partial charge in [-0.05, 0) is 112 Å². The number of hydrogen-bond donors (Lipinski definition) is 0. The molecule has 0 saturated carbocycles. The van der Waals surface area contributed by atoms with Crippen LogP contribution in [0.5, 0.6) is 0 Å². The fraction of sp³-hybridized carbons (Fsp3) is 0.671. The molecule has 0 radical (unpaired) electrons. The van der Waals surface area contributed by atoms with Crippen LogP contribution < -0.4 is 0 Å². The average molecular weight is 1290 g/mol. The lowest BCUT2D eigenvalue weighted by Gasteiger charge is -2.32. The first-order valence-corrected chi connectivity index (χ1v) is 34.7. The number of carbonyl (C=O) groups excluding carboxylic acids is 6. The molecular formula is C73H97N9O12. The largest absolute Gasteiger partial charge is 0.465 e. The molecular weight excluding hydrogens is 1190 g/mol. The Balaban J connectivity index is 1.36. The van der Waals surface area contributed by atoms with Crippen molar-refractivity contribution in [1.82, 2.24) is 14.7 Å². The molecule has 3 heterocycles. The third kappa shape index (κ3) is 20.1. The number of nitriles is 6. The van der Waals surface area contributed by atoms with Crippen molar-refractivity contribution in [3.63, 3.8) is 0 Å². The summed E-state index contributed by atoms with van der Waals surface area (Å²) in [5, 5.41) is 64.8. The van der Waals surface area contributed by atoms with E-state index in [1.54, 1.807) is 0 Å². The first kappa shape index (κ1) is 74.6. The number of hydrogen-bond acceptors (Lipinski definition) is 21. The van der Waals surface area contributed by atoms with Gasteiger partial charge in [-0.3, -0.25) is 14.4 Å². The van der Waals surface area contributed by atoms with Gasteiger partial charge in [0, 0.05) is 75.6 Å². The molecule has 0 amide bonds. The Bertz CT molecular complexity index is 2850. The molecule has 94 heavy (non-hydrogen) atoms. The molecule has 506 valence electrons. The molecule has 21 nitrogen and oxygen atoms in total. The summed E-state index contributed by atoms with van der Waals surface area (Å²) in [5.41, 5.74) is -0.0184. The molecule has 6 aliphatic rings. The highest BCUT2D eigenvalue weighted by atomic mass is 16.6. The normalized spacial score (nSPS) is 21.8. The summed E-state index contributed by atoms with van der Waals surface area (Å²) in [7, 11) is 0. The van der Waals surface area contributed by atoms with Crippen molar-refractivity contribution in [2.24, 2.45) is 41.4 Å². The fourth-order valence-electron chi connectivity index (χ4n) is 13.5. The summed E-state index contributed by atoms with van der Waals surface area (Å²) in [4.78, 5) is 91.6. The Labute approximate surface area is 556 Å². The molecule has 3 saturated heterocycles. The molecule has 0 spiro atoms. The number of nitrogens with zero attached hydrogens (tertiary/aromatic N) is 9. The third-order valence-electron chi connectivity index (χ3n) is 19.5. The summed E-state index contributed by atoms with van der Waals surface area (Å²) < 4.78 is 35.3. The van der Waals surface area contributed by atoms with Crippen molar-refractivity contribution in [1.29, 1.82) is 31.6 Å². The van der Waals surface area contributed by atoms with Crippen LogP contribution in [0.4, 0.5) is 0 Å².